The summed E-state index contributed by atoms with van der Waals surface area (Å²) in [6.07, 6.45) is 5.54. The summed E-state index contributed by atoms with van der Waals surface area (Å²) < 4.78 is 12.5. The van der Waals surface area contributed by atoms with Gasteiger partial charge in [0.1, 0.15) is 5.25 Å². The van der Waals surface area contributed by atoms with Crippen LogP contribution in [0.15, 0.2) is 23.1 Å². The van der Waals surface area contributed by atoms with Gasteiger partial charge in [-0.05, 0) is 38.0 Å². The van der Waals surface area contributed by atoms with Crippen molar-refractivity contribution >= 4 is 34.0 Å². The molecule has 1 fully saturated rings. The van der Waals surface area contributed by atoms with E-state index in [0.29, 0.717) is 15.6 Å². The SMILES string of the molecule is CC(C(=O)NC1CCCCC1)S(=O)c1ccc(Cl)cc1N. The summed E-state index contributed by atoms with van der Waals surface area (Å²) in [4.78, 5) is 12.7. The van der Waals surface area contributed by atoms with Gasteiger partial charge in [-0.25, -0.2) is 0 Å². The summed E-state index contributed by atoms with van der Waals surface area (Å²) in [7, 11) is -1.48. The van der Waals surface area contributed by atoms with Crippen LogP contribution < -0.4 is 11.1 Å². The third-order valence-electron chi connectivity index (χ3n) is 3.83. The van der Waals surface area contributed by atoms with Crippen LogP contribution in [0.25, 0.3) is 0 Å². The van der Waals surface area contributed by atoms with Crippen LogP contribution in [0, 0.1) is 0 Å². The molecule has 2 unspecified atom stereocenters. The fourth-order valence-electron chi connectivity index (χ4n) is 2.56. The Bertz CT molecular complexity index is 544. The monoisotopic (exact) mass is 328 g/mol. The third kappa shape index (κ3) is 4.20. The normalized spacial score (nSPS) is 19.0. The molecule has 0 aliphatic heterocycles. The molecule has 4 nitrogen and oxygen atoms in total. The lowest BCUT2D eigenvalue weighted by molar-refractivity contribution is -0.121. The van der Waals surface area contributed by atoms with Crippen molar-refractivity contribution in [2.75, 3.05) is 5.73 Å². The zero-order valence-corrected chi connectivity index (χ0v) is 13.7. The summed E-state index contributed by atoms with van der Waals surface area (Å²) in [5, 5.41) is 2.87. The average molecular weight is 329 g/mol. The molecule has 0 aromatic heterocycles. The Morgan fingerprint density at radius 2 is 2.05 bits per heavy atom. The van der Waals surface area contributed by atoms with Crippen LogP contribution in [0.1, 0.15) is 39.0 Å². The molecule has 1 aromatic carbocycles. The van der Waals surface area contributed by atoms with Gasteiger partial charge >= 0.3 is 0 Å². The first-order valence-corrected chi connectivity index (χ1v) is 8.84. The molecule has 1 aliphatic rings. The lowest BCUT2D eigenvalue weighted by Crippen LogP contribution is -2.42. The van der Waals surface area contributed by atoms with Gasteiger partial charge in [0.05, 0.1) is 15.7 Å². The van der Waals surface area contributed by atoms with Crippen LogP contribution in [-0.4, -0.2) is 21.4 Å². The Hall–Kier alpha value is -1.07. The number of halogens is 1. The van der Waals surface area contributed by atoms with Crippen molar-refractivity contribution in [3.05, 3.63) is 23.2 Å². The highest BCUT2D eigenvalue weighted by Crippen LogP contribution is 2.24. The minimum Gasteiger partial charge on any atom is -0.398 e. The number of carbonyl (C=O) groups excluding carboxylic acids is 1. The van der Waals surface area contributed by atoms with E-state index in [-0.39, 0.29) is 11.9 Å². The number of nitrogen functional groups attached to an aromatic ring is 1. The van der Waals surface area contributed by atoms with E-state index in [0.717, 1.165) is 25.7 Å². The Balaban J connectivity index is 2.02. The molecular weight excluding hydrogens is 308 g/mol. The highest BCUT2D eigenvalue weighted by atomic mass is 35.5. The van der Waals surface area contributed by atoms with E-state index in [1.807, 2.05) is 0 Å². The molecule has 1 saturated carbocycles. The van der Waals surface area contributed by atoms with Crippen LogP contribution in [0.2, 0.25) is 5.02 Å². The first-order valence-electron chi connectivity index (χ1n) is 7.25. The van der Waals surface area contributed by atoms with Crippen molar-refractivity contribution in [1.82, 2.24) is 5.32 Å². The lowest BCUT2D eigenvalue weighted by Gasteiger charge is -2.24. The van der Waals surface area contributed by atoms with Crippen LogP contribution in [-0.2, 0) is 15.6 Å². The summed E-state index contributed by atoms with van der Waals surface area (Å²) >= 11 is 5.83. The molecule has 0 bridgehead atoms. The van der Waals surface area contributed by atoms with E-state index in [4.69, 9.17) is 17.3 Å². The van der Waals surface area contributed by atoms with Gasteiger partial charge in [-0.1, -0.05) is 30.9 Å². The van der Waals surface area contributed by atoms with Gasteiger partial charge < -0.3 is 11.1 Å². The number of anilines is 1. The summed E-state index contributed by atoms with van der Waals surface area (Å²) in [5.74, 6) is -0.172. The maximum Gasteiger partial charge on any atom is 0.236 e. The molecule has 0 spiro atoms. The zero-order chi connectivity index (χ0) is 15.4. The Morgan fingerprint density at radius 1 is 1.38 bits per heavy atom. The number of hydrogen-bond donors (Lipinski definition) is 2. The highest BCUT2D eigenvalue weighted by Gasteiger charge is 2.25. The Kier molecular flexibility index (Phi) is 5.65. The summed E-state index contributed by atoms with van der Waals surface area (Å²) in [6, 6.07) is 5.03. The molecule has 1 amide bonds. The minimum absolute atomic E-state index is 0.172. The second kappa shape index (κ2) is 7.27. The molecule has 0 radical (unpaired) electrons. The van der Waals surface area contributed by atoms with E-state index < -0.39 is 16.0 Å². The maximum atomic E-state index is 12.5. The van der Waals surface area contributed by atoms with Crippen LogP contribution in [0.5, 0.6) is 0 Å². The summed E-state index contributed by atoms with van der Waals surface area (Å²) in [6.45, 7) is 1.67. The Morgan fingerprint density at radius 3 is 2.67 bits per heavy atom. The quantitative estimate of drug-likeness (QED) is 0.835. The molecule has 2 rings (SSSR count). The van der Waals surface area contributed by atoms with Gasteiger partial charge in [0, 0.05) is 16.8 Å². The first-order chi connectivity index (χ1) is 9.99. The van der Waals surface area contributed by atoms with E-state index in [1.165, 1.54) is 6.42 Å². The Labute approximate surface area is 132 Å². The second-order valence-electron chi connectivity index (χ2n) is 5.47. The van der Waals surface area contributed by atoms with Gasteiger partial charge in [-0.15, -0.1) is 0 Å². The second-order valence-corrected chi connectivity index (χ2v) is 7.64. The maximum absolute atomic E-state index is 12.5. The number of rotatable bonds is 4. The van der Waals surface area contributed by atoms with Gasteiger partial charge in [0.25, 0.3) is 0 Å². The van der Waals surface area contributed by atoms with Gasteiger partial charge in [0.15, 0.2) is 0 Å². The number of amides is 1. The van der Waals surface area contributed by atoms with Crippen LogP contribution >= 0.6 is 11.6 Å². The average Bonchev–Trinajstić information content (AvgIpc) is 2.47. The lowest BCUT2D eigenvalue weighted by atomic mass is 9.95. The first kappa shape index (κ1) is 16.3. The molecular formula is C15H21ClN2O2S. The number of nitrogens with one attached hydrogen (secondary N) is 1. The molecule has 6 heteroatoms. The number of nitrogens with two attached hydrogens (primary N) is 1. The fraction of sp³-hybridized carbons (Fsp3) is 0.533. The molecule has 3 N–H and O–H groups in total. The van der Waals surface area contributed by atoms with Crippen molar-refractivity contribution in [2.24, 2.45) is 0 Å². The standard InChI is InChI=1S/C15H21ClN2O2S/c1-10(15(19)18-12-5-3-2-4-6-12)21(20)14-8-7-11(16)9-13(14)17/h7-10,12H,2-6,17H2,1H3,(H,18,19). The predicted molar refractivity (Wildman–Crippen MR) is 86.8 cm³/mol. The highest BCUT2D eigenvalue weighted by molar-refractivity contribution is 7.86. The van der Waals surface area contributed by atoms with E-state index >= 15 is 0 Å². The molecule has 0 heterocycles. The smallest absolute Gasteiger partial charge is 0.236 e. The molecule has 2 atom stereocenters. The van der Waals surface area contributed by atoms with Crippen molar-refractivity contribution in [2.45, 2.75) is 55.2 Å². The predicted octanol–water partition coefficient (Wildman–Crippen LogP) is 2.87. The van der Waals surface area contributed by atoms with Crippen molar-refractivity contribution < 1.29 is 9.00 Å². The van der Waals surface area contributed by atoms with E-state index in [1.54, 1.807) is 25.1 Å². The molecule has 1 aromatic rings. The van der Waals surface area contributed by atoms with E-state index in [9.17, 15) is 9.00 Å². The van der Waals surface area contributed by atoms with Crippen LogP contribution in [0.4, 0.5) is 5.69 Å². The van der Waals surface area contributed by atoms with Crippen molar-refractivity contribution in [3.8, 4) is 0 Å². The topological polar surface area (TPSA) is 72.2 Å². The fourth-order valence-corrected chi connectivity index (χ4v) is 3.87. The van der Waals surface area contributed by atoms with Crippen molar-refractivity contribution in [3.63, 3.8) is 0 Å². The number of carbonyl (C=O) groups is 1. The van der Waals surface area contributed by atoms with Gasteiger partial charge in [-0.3, -0.25) is 9.00 Å². The molecule has 21 heavy (non-hydrogen) atoms. The largest absolute Gasteiger partial charge is 0.398 e. The minimum atomic E-state index is -1.48. The van der Waals surface area contributed by atoms with Crippen molar-refractivity contribution in [1.29, 1.82) is 0 Å². The molecule has 1 aliphatic carbocycles. The van der Waals surface area contributed by atoms with Gasteiger partial charge in [-0.2, -0.15) is 0 Å². The van der Waals surface area contributed by atoms with Gasteiger partial charge in [0.2, 0.25) is 5.91 Å². The van der Waals surface area contributed by atoms with E-state index in [2.05, 4.69) is 5.32 Å². The third-order valence-corrected chi connectivity index (χ3v) is 5.73. The number of benzene rings is 1. The van der Waals surface area contributed by atoms with Crippen LogP contribution in [0.3, 0.4) is 0 Å². The molecule has 0 saturated heterocycles. The summed E-state index contributed by atoms with van der Waals surface area (Å²) in [5.41, 5.74) is 6.19. The molecule has 116 valence electrons. The zero-order valence-electron chi connectivity index (χ0n) is 12.1. The number of hydrogen-bond acceptors (Lipinski definition) is 3.